The Morgan fingerprint density at radius 2 is 2.00 bits per heavy atom. The molecule has 0 spiro atoms. The molecule has 4 rings (SSSR count). The molecule has 2 aromatic carbocycles. The SMILES string of the molecule is Cc1c(Cl)ccc2ccc(NCc3cccc(N4CCCS4(=O)=O)c3)nc12. The first-order valence-corrected chi connectivity index (χ1v) is 10.8. The van der Waals surface area contributed by atoms with Crippen molar-refractivity contribution in [3.05, 3.63) is 64.7 Å². The predicted molar refractivity (Wildman–Crippen MR) is 111 cm³/mol. The van der Waals surface area contributed by atoms with E-state index in [-0.39, 0.29) is 5.75 Å². The Morgan fingerprint density at radius 1 is 1.19 bits per heavy atom. The van der Waals surface area contributed by atoms with Gasteiger partial charge in [0.1, 0.15) is 5.82 Å². The number of fused-ring (bicyclic) bond motifs is 1. The molecule has 1 aliphatic heterocycles. The lowest BCUT2D eigenvalue weighted by Crippen LogP contribution is -2.25. The number of hydrogen-bond acceptors (Lipinski definition) is 4. The predicted octanol–water partition coefficient (Wildman–Crippen LogP) is 4.35. The summed E-state index contributed by atoms with van der Waals surface area (Å²) in [5.74, 6) is 0.977. The van der Waals surface area contributed by atoms with Crippen molar-refractivity contribution in [2.45, 2.75) is 19.9 Å². The van der Waals surface area contributed by atoms with Crippen molar-refractivity contribution in [2.75, 3.05) is 21.9 Å². The highest BCUT2D eigenvalue weighted by molar-refractivity contribution is 7.93. The fourth-order valence-electron chi connectivity index (χ4n) is 3.35. The van der Waals surface area contributed by atoms with Gasteiger partial charge in [-0.15, -0.1) is 0 Å². The summed E-state index contributed by atoms with van der Waals surface area (Å²) in [6.07, 6.45) is 0.674. The highest BCUT2D eigenvalue weighted by atomic mass is 35.5. The second-order valence-corrected chi connectivity index (χ2v) is 9.13. The number of halogens is 1. The number of pyridine rings is 1. The van der Waals surface area contributed by atoms with Crippen LogP contribution in [-0.2, 0) is 16.6 Å². The van der Waals surface area contributed by atoms with Gasteiger partial charge in [0.2, 0.25) is 10.0 Å². The minimum atomic E-state index is -3.17. The highest BCUT2D eigenvalue weighted by Crippen LogP contribution is 2.27. The molecule has 0 saturated carbocycles. The summed E-state index contributed by atoms with van der Waals surface area (Å²) in [7, 11) is -3.17. The van der Waals surface area contributed by atoms with E-state index < -0.39 is 10.0 Å². The zero-order valence-corrected chi connectivity index (χ0v) is 16.5. The molecule has 0 aliphatic carbocycles. The molecule has 7 heteroatoms. The topological polar surface area (TPSA) is 62.3 Å². The van der Waals surface area contributed by atoms with E-state index in [9.17, 15) is 8.42 Å². The summed E-state index contributed by atoms with van der Waals surface area (Å²) in [6, 6.07) is 15.4. The second-order valence-electron chi connectivity index (χ2n) is 6.71. The number of hydrogen-bond donors (Lipinski definition) is 1. The molecule has 1 fully saturated rings. The summed E-state index contributed by atoms with van der Waals surface area (Å²) >= 11 is 6.20. The number of nitrogens with zero attached hydrogens (tertiary/aromatic N) is 2. The monoisotopic (exact) mass is 401 g/mol. The maximum atomic E-state index is 12.1. The average molecular weight is 402 g/mol. The molecule has 0 radical (unpaired) electrons. The molecular formula is C20H20ClN3O2S. The Kier molecular flexibility index (Phi) is 4.70. The van der Waals surface area contributed by atoms with Crippen molar-refractivity contribution in [3.63, 3.8) is 0 Å². The highest BCUT2D eigenvalue weighted by Gasteiger charge is 2.28. The van der Waals surface area contributed by atoms with Crippen LogP contribution in [0, 0.1) is 6.92 Å². The summed E-state index contributed by atoms with van der Waals surface area (Å²) < 4.78 is 25.7. The average Bonchev–Trinajstić information content (AvgIpc) is 3.02. The molecular weight excluding hydrogens is 382 g/mol. The molecule has 0 amide bonds. The van der Waals surface area contributed by atoms with Crippen LogP contribution in [0.2, 0.25) is 5.02 Å². The van der Waals surface area contributed by atoms with E-state index in [0.717, 1.165) is 33.5 Å². The number of sulfonamides is 1. The maximum Gasteiger partial charge on any atom is 0.235 e. The summed E-state index contributed by atoms with van der Waals surface area (Å²) in [5, 5.41) is 5.06. The number of aryl methyl sites for hydroxylation is 1. The van der Waals surface area contributed by atoms with Crippen molar-refractivity contribution in [1.82, 2.24) is 4.98 Å². The number of benzene rings is 2. The van der Waals surface area contributed by atoms with Crippen LogP contribution < -0.4 is 9.62 Å². The van der Waals surface area contributed by atoms with Gasteiger partial charge in [-0.2, -0.15) is 0 Å². The fraction of sp³-hybridized carbons (Fsp3) is 0.250. The molecule has 0 bridgehead atoms. The normalized spacial score (nSPS) is 16.0. The zero-order valence-electron chi connectivity index (χ0n) is 14.9. The molecule has 1 saturated heterocycles. The van der Waals surface area contributed by atoms with Gasteiger partial charge in [-0.3, -0.25) is 4.31 Å². The molecule has 140 valence electrons. The quantitative estimate of drug-likeness (QED) is 0.706. The lowest BCUT2D eigenvalue weighted by Gasteiger charge is -2.18. The molecule has 5 nitrogen and oxygen atoms in total. The molecule has 27 heavy (non-hydrogen) atoms. The van der Waals surface area contributed by atoms with Crippen LogP contribution in [0.15, 0.2) is 48.5 Å². The molecule has 1 aromatic heterocycles. The Balaban J connectivity index is 1.55. The third kappa shape index (κ3) is 3.59. The Bertz CT molecular complexity index is 1120. The van der Waals surface area contributed by atoms with E-state index in [1.54, 1.807) is 0 Å². The Morgan fingerprint density at radius 3 is 2.78 bits per heavy atom. The van der Waals surface area contributed by atoms with Gasteiger partial charge < -0.3 is 5.32 Å². The Labute approximate surface area is 164 Å². The third-order valence-electron chi connectivity index (χ3n) is 4.82. The molecule has 0 atom stereocenters. The first-order chi connectivity index (χ1) is 12.9. The van der Waals surface area contributed by atoms with Crippen molar-refractivity contribution in [3.8, 4) is 0 Å². The number of rotatable bonds is 4. The first kappa shape index (κ1) is 18.1. The van der Waals surface area contributed by atoms with Crippen molar-refractivity contribution < 1.29 is 8.42 Å². The van der Waals surface area contributed by atoms with Crippen LogP contribution in [0.5, 0.6) is 0 Å². The molecule has 3 aromatic rings. The third-order valence-corrected chi connectivity index (χ3v) is 7.10. The van der Waals surface area contributed by atoms with Crippen LogP contribution >= 0.6 is 11.6 Å². The lowest BCUT2D eigenvalue weighted by atomic mass is 10.1. The second kappa shape index (κ2) is 7.02. The fourth-order valence-corrected chi connectivity index (χ4v) is 5.06. The number of anilines is 2. The van der Waals surface area contributed by atoms with E-state index in [4.69, 9.17) is 11.6 Å². The van der Waals surface area contributed by atoms with Crippen LogP contribution in [0.3, 0.4) is 0 Å². The van der Waals surface area contributed by atoms with Crippen molar-refractivity contribution >= 4 is 44.0 Å². The van der Waals surface area contributed by atoms with Gasteiger partial charge in [-0.1, -0.05) is 29.8 Å². The van der Waals surface area contributed by atoms with Crippen LogP contribution in [0.1, 0.15) is 17.5 Å². The minimum absolute atomic E-state index is 0.221. The van der Waals surface area contributed by atoms with Crippen LogP contribution in [0.4, 0.5) is 11.5 Å². The maximum absolute atomic E-state index is 12.1. The van der Waals surface area contributed by atoms with E-state index in [1.807, 2.05) is 55.5 Å². The lowest BCUT2D eigenvalue weighted by molar-refractivity contribution is 0.599. The van der Waals surface area contributed by atoms with Crippen molar-refractivity contribution in [2.24, 2.45) is 0 Å². The smallest absolute Gasteiger partial charge is 0.235 e. The number of nitrogens with one attached hydrogen (secondary N) is 1. The summed E-state index contributed by atoms with van der Waals surface area (Å²) in [5.41, 5.74) is 3.56. The van der Waals surface area contributed by atoms with Gasteiger partial charge in [0, 0.05) is 23.5 Å². The Hall–Kier alpha value is -2.31. The molecule has 0 unspecified atom stereocenters. The summed E-state index contributed by atoms with van der Waals surface area (Å²) in [4.78, 5) is 4.67. The van der Waals surface area contributed by atoms with Gasteiger partial charge in [0.15, 0.2) is 0 Å². The first-order valence-electron chi connectivity index (χ1n) is 8.83. The van der Waals surface area contributed by atoms with Crippen LogP contribution in [0.25, 0.3) is 10.9 Å². The summed E-state index contributed by atoms with van der Waals surface area (Å²) in [6.45, 7) is 3.06. The number of aromatic nitrogens is 1. The van der Waals surface area contributed by atoms with E-state index >= 15 is 0 Å². The standard InChI is InChI=1S/C20H20ClN3O2S/c1-14-18(21)8-6-16-7-9-19(23-20(14)16)22-13-15-4-2-5-17(12-15)24-10-3-11-27(24,25)26/h2,4-9,12H,3,10-11,13H2,1H3,(H,22,23). The van der Waals surface area contributed by atoms with E-state index in [1.165, 1.54) is 4.31 Å². The molecule has 1 aliphatic rings. The molecule has 1 N–H and O–H groups in total. The van der Waals surface area contributed by atoms with Gasteiger partial charge in [-0.05, 0) is 54.8 Å². The zero-order chi connectivity index (χ0) is 19.0. The van der Waals surface area contributed by atoms with Crippen LogP contribution in [-0.4, -0.2) is 25.7 Å². The largest absolute Gasteiger partial charge is 0.366 e. The van der Waals surface area contributed by atoms with Crippen molar-refractivity contribution in [1.29, 1.82) is 0 Å². The van der Waals surface area contributed by atoms with Gasteiger partial charge in [0.05, 0.1) is 17.0 Å². The minimum Gasteiger partial charge on any atom is -0.366 e. The van der Waals surface area contributed by atoms with E-state index in [0.29, 0.717) is 24.5 Å². The van der Waals surface area contributed by atoms with Gasteiger partial charge >= 0.3 is 0 Å². The van der Waals surface area contributed by atoms with Gasteiger partial charge in [-0.25, -0.2) is 13.4 Å². The van der Waals surface area contributed by atoms with E-state index in [2.05, 4.69) is 10.3 Å². The molecule has 2 heterocycles. The van der Waals surface area contributed by atoms with Gasteiger partial charge in [0.25, 0.3) is 0 Å².